The number of hydrogen-bond acceptors (Lipinski definition) is 3. The van der Waals surface area contributed by atoms with Crippen LogP contribution in [0.1, 0.15) is 13.3 Å². The Hall–Kier alpha value is -3.42. The summed E-state index contributed by atoms with van der Waals surface area (Å²) >= 11 is 0. The third kappa shape index (κ3) is 4.46. The largest absolute Gasteiger partial charge is 0.342 e. The van der Waals surface area contributed by atoms with Gasteiger partial charge in [0.15, 0.2) is 0 Å². The van der Waals surface area contributed by atoms with Crippen molar-refractivity contribution >= 4 is 29.2 Å². The minimum Gasteiger partial charge on any atom is -0.342 e. The molecule has 8 heteroatoms. The van der Waals surface area contributed by atoms with Crippen LogP contribution in [0.2, 0.25) is 0 Å². The zero-order valence-corrected chi connectivity index (χ0v) is 15.3. The minimum absolute atomic E-state index is 0.192. The highest BCUT2D eigenvalue weighted by atomic mass is 19.1. The monoisotopic (exact) mass is 384 g/mol. The van der Waals surface area contributed by atoms with Crippen LogP contribution in [0.25, 0.3) is 0 Å². The third-order valence-electron chi connectivity index (χ3n) is 4.44. The van der Waals surface area contributed by atoms with E-state index in [0.29, 0.717) is 18.7 Å². The highest BCUT2D eigenvalue weighted by Gasteiger charge is 2.35. The highest BCUT2D eigenvalue weighted by molar-refractivity contribution is 6.02. The van der Waals surface area contributed by atoms with E-state index >= 15 is 0 Å². The molecule has 2 aromatic rings. The lowest BCUT2D eigenvalue weighted by atomic mass is 10.2. The van der Waals surface area contributed by atoms with Gasteiger partial charge in [0.05, 0.1) is 5.69 Å². The van der Waals surface area contributed by atoms with Crippen molar-refractivity contribution in [1.82, 2.24) is 10.6 Å². The van der Waals surface area contributed by atoms with Crippen LogP contribution >= 0.6 is 0 Å². The number of benzene rings is 2. The summed E-state index contributed by atoms with van der Waals surface area (Å²) in [6.45, 7) is 1.83. The minimum atomic E-state index is -0.848. The summed E-state index contributed by atoms with van der Waals surface area (Å²) in [5, 5.41) is 7.76. The number of carbonyl (C=O) groups is 3. The van der Waals surface area contributed by atoms with Crippen LogP contribution in [0.3, 0.4) is 0 Å². The first-order valence-electron chi connectivity index (χ1n) is 8.94. The molecule has 2 unspecified atom stereocenters. The molecule has 1 heterocycles. The number of rotatable bonds is 5. The fraction of sp³-hybridized carbons (Fsp3) is 0.250. The second-order valence-corrected chi connectivity index (χ2v) is 6.48. The summed E-state index contributed by atoms with van der Waals surface area (Å²) in [4.78, 5) is 38.2. The number of anilines is 2. The maximum Gasteiger partial charge on any atom is 0.319 e. The van der Waals surface area contributed by atoms with Crippen molar-refractivity contribution in [3.05, 3.63) is 60.4 Å². The van der Waals surface area contributed by atoms with Gasteiger partial charge in [-0.15, -0.1) is 0 Å². The normalized spacial score (nSPS) is 17.1. The Labute approximate surface area is 161 Å². The summed E-state index contributed by atoms with van der Waals surface area (Å²) in [6.07, 6.45) is 0.363. The number of para-hydroxylation sites is 2. The molecule has 0 bridgehead atoms. The van der Waals surface area contributed by atoms with E-state index in [0.717, 1.165) is 0 Å². The smallest absolute Gasteiger partial charge is 0.319 e. The average molecular weight is 384 g/mol. The van der Waals surface area contributed by atoms with Gasteiger partial charge in [0, 0.05) is 12.2 Å². The second kappa shape index (κ2) is 8.51. The molecule has 3 N–H and O–H groups in total. The molecule has 1 aliphatic heterocycles. The summed E-state index contributed by atoms with van der Waals surface area (Å²) < 4.78 is 13.9. The molecule has 1 fully saturated rings. The Morgan fingerprint density at radius 3 is 2.50 bits per heavy atom. The number of nitrogens with zero attached hydrogens (tertiary/aromatic N) is 1. The molecule has 4 amide bonds. The number of hydrogen-bond donors (Lipinski definition) is 3. The van der Waals surface area contributed by atoms with Crippen molar-refractivity contribution in [2.45, 2.75) is 25.4 Å². The van der Waals surface area contributed by atoms with E-state index in [1.165, 1.54) is 24.0 Å². The van der Waals surface area contributed by atoms with Crippen LogP contribution in [-0.4, -0.2) is 36.5 Å². The number of carbonyl (C=O) groups excluding carboxylic acids is 3. The van der Waals surface area contributed by atoms with Gasteiger partial charge in [0.2, 0.25) is 11.8 Å². The summed E-state index contributed by atoms with van der Waals surface area (Å²) in [5.74, 6) is -1.35. The van der Waals surface area contributed by atoms with Crippen molar-refractivity contribution < 1.29 is 18.8 Å². The molecule has 0 aliphatic carbocycles. The van der Waals surface area contributed by atoms with Gasteiger partial charge in [-0.05, 0) is 37.6 Å². The van der Waals surface area contributed by atoms with Crippen LogP contribution in [0.5, 0.6) is 0 Å². The number of urea groups is 1. The number of halogens is 1. The Morgan fingerprint density at radius 2 is 1.79 bits per heavy atom. The van der Waals surface area contributed by atoms with E-state index in [-0.39, 0.29) is 11.6 Å². The standard InChI is InChI=1S/C20H21FN4O3/c1-13(22-20(28)23-14-7-3-2-4-8-14)18(26)24-16-11-12-25(19(16)27)17-10-6-5-9-15(17)21/h2-10,13,16H,11-12H2,1H3,(H,24,26)(H2,22,23,28). The Morgan fingerprint density at radius 1 is 1.11 bits per heavy atom. The topological polar surface area (TPSA) is 90.5 Å². The maximum absolute atomic E-state index is 13.9. The maximum atomic E-state index is 13.9. The van der Waals surface area contributed by atoms with Gasteiger partial charge in [-0.3, -0.25) is 9.59 Å². The quantitative estimate of drug-likeness (QED) is 0.739. The number of nitrogens with one attached hydrogen (secondary N) is 3. The van der Waals surface area contributed by atoms with Gasteiger partial charge in [0.25, 0.3) is 0 Å². The molecule has 1 saturated heterocycles. The third-order valence-corrected chi connectivity index (χ3v) is 4.44. The molecule has 0 radical (unpaired) electrons. The van der Waals surface area contributed by atoms with Gasteiger partial charge >= 0.3 is 6.03 Å². The molecule has 2 atom stereocenters. The van der Waals surface area contributed by atoms with Crippen LogP contribution < -0.4 is 20.9 Å². The van der Waals surface area contributed by atoms with Crippen molar-refractivity contribution in [3.8, 4) is 0 Å². The molecule has 3 rings (SSSR count). The number of amides is 4. The van der Waals surface area contributed by atoms with Gasteiger partial charge in [-0.2, -0.15) is 0 Å². The Kier molecular flexibility index (Phi) is 5.88. The lowest BCUT2D eigenvalue weighted by Gasteiger charge is -2.19. The second-order valence-electron chi connectivity index (χ2n) is 6.48. The van der Waals surface area contributed by atoms with Crippen molar-refractivity contribution in [1.29, 1.82) is 0 Å². The Balaban J connectivity index is 1.53. The van der Waals surface area contributed by atoms with Crippen LogP contribution in [0.4, 0.5) is 20.6 Å². The van der Waals surface area contributed by atoms with E-state index in [4.69, 9.17) is 0 Å². The summed E-state index contributed by atoms with van der Waals surface area (Å²) in [5.41, 5.74) is 0.789. The molecule has 0 saturated carbocycles. The van der Waals surface area contributed by atoms with E-state index in [1.807, 2.05) is 6.07 Å². The van der Waals surface area contributed by atoms with Crippen molar-refractivity contribution in [3.63, 3.8) is 0 Å². The molecule has 0 aromatic heterocycles. The summed E-state index contributed by atoms with van der Waals surface area (Å²) in [6, 6.07) is 12.7. The predicted octanol–water partition coefficient (Wildman–Crippen LogP) is 2.26. The lowest BCUT2D eigenvalue weighted by Crippen LogP contribution is -2.51. The lowest BCUT2D eigenvalue weighted by molar-refractivity contribution is -0.127. The van der Waals surface area contributed by atoms with Crippen LogP contribution in [0, 0.1) is 5.82 Å². The molecule has 7 nitrogen and oxygen atoms in total. The van der Waals surface area contributed by atoms with Crippen molar-refractivity contribution in [2.24, 2.45) is 0 Å². The SMILES string of the molecule is CC(NC(=O)Nc1ccccc1)C(=O)NC1CCN(c2ccccc2F)C1=O. The average Bonchev–Trinajstić information content (AvgIpc) is 3.03. The summed E-state index contributed by atoms with van der Waals surface area (Å²) in [7, 11) is 0. The fourth-order valence-electron chi connectivity index (χ4n) is 2.97. The first-order chi connectivity index (χ1) is 13.5. The van der Waals surface area contributed by atoms with Crippen LogP contribution in [-0.2, 0) is 9.59 Å². The molecule has 146 valence electrons. The fourth-order valence-corrected chi connectivity index (χ4v) is 2.97. The molecule has 2 aromatic carbocycles. The van der Waals surface area contributed by atoms with E-state index in [9.17, 15) is 18.8 Å². The first kappa shape index (κ1) is 19.3. The van der Waals surface area contributed by atoms with Gasteiger partial charge in [0.1, 0.15) is 17.9 Å². The zero-order chi connectivity index (χ0) is 20.1. The highest BCUT2D eigenvalue weighted by Crippen LogP contribution is 2.24. The molecular weight excluding hydrogens is 363 g/mol. The Bertz CT molecular complexity index is 875. The van der Waals surface area contributed by atoms with E-state index in [2.05, 4.69) is 16.0 Å². The van der Waals surface area contributed by atoms with E-state index < -0.39 is 29.8 Å². The zero-order valence-electron chi connectivity index (χ0n) is 15.3. The first-order valence-corrected chi connectivity index (χ1v) is 8.94. The molecule has 28 heavy (non-hydrogen) atoms. The van der Waals surface area contributed by atoms with Gasteiger partial charge in [-0.1, -0.05) is 30.3 Å². The molecule has 0 spiro atoms. The van der Waals surface area contributed by atoms with Crippen molar-refractivity contribution in [2.75, 3.05) is 16.8 Å². The predicted molar refractivity (Wildman–Crippen MR) is 103 cm³/mol. The van der Waals surface area contributed by atoms with Gasteiger partial charge in [-0.25, -0.2) is 9.18 Å². The van der Waals surface area contributed by atoms with Crippen LogP contribution in [0.15, 0.2) is 54.6 Å². The van der Waals surface area contributed by atoms with E-state index in [1.54, 1.807) is 36.4 Å². The molecular formula is C20H21FN4O3. The molecule has 1 aliphatic rings. The van der Waals surface area contributed by atoms with Gasteiger partial charge < -0.3 is 20.9 Å².